The number of halogens is 1. The third-order valence-corrected chi connectivity index (χ3v) is 2.63. The summed E-state index contributed by atoms with van der Waals surface area (Å²) in [6, 6.07) is 6.85. The zero-order valence-corrected chi connectivity index (χ0v) is 11.4. The normalized spacial score (nSPS) is 10.0. The van der Waals surface area contributed by atoms with E-state index in [1.54, 1.807) is 36.1 Å². The van der Waals surface area contributed by atoms with Crippen molar-refractivity contribution in [1.82, 2.24) is 0 Å². The standard InChI is InChI=1S/C13H16ClNO4/c1-2-19-13(18)6-7-15(9-12(16)17)11-5-3-4-10(14)8-11/h3-5,8H,2,6-7,9H2,1H3,(H,16,17). The fourth-order valence-corrected chi connectivity index (χ4v) is 1.78. The molecule has 104 valence electrons. The molecule has 0 aliphatic carbocycles. The number of hydrogen-bond acceptors (Lipinski definition) is 4. The number of aliphatic carboxylic acids is 1. The summed E-state index contributed by atoms with van der Waals surface area (Å²) in [5, 5.41) is 9.41. The van der Waals surface area contributed by atoms with Gasteiger partial charge < -0.3 is 14.7 Å². The Hall–Kier alpha value is -1.75. The lowest BCUT2D eigenvalue weighted by molar-refractivity contribution is -0.143. The van der Waals surface area contributed by atoms with Gasteiger partial charge in [0.1, 0.15) is 6.54 Å². The fraction of sp³-hybridized carbons (Fsp3) is 0.385. The molecule has 0 atom stereocenters. The second kappa shape index (κ2) is 7.63. The third-order valence-electron chi connectivity index (χ3n) is 2.39. The molecule has 5 nitrogen and oxygen atoms in total. The largest absolute Gasteiger partial charge is 0.480 e. The van der Waals surface area contributed by atoms with Gasteiger partial charge in [-0.15, -0.1) is 0 Å². The van der Waals surface area contributed by atoms with Crippen LogP contribution in [-0.2, 0) is 14.3 Å². The first kappa shape index (κ1) is 15.3. The minimum atomic E-state index is -0.969. The molecular weight excluding hydrogens is 270 g/mol. The second-order valence-corrected chi connectivity index (χ2v) is 4.29. The van der Waals surface area contributed by atoms with E-state index in [-0.39, 0.29) is 25.5 Å². The highest BCUT2D eigenvalue weighted by Crippen LogP contribution is 2.19. The van der Waals surface area contributed by atoms with Crippen LogP contribution < -0.4 is 4.90 Å². The van der Waals surface area contributed by atoms with Gasteiger partial charge in [0.05, 0.1) is 13.0 Å². The minimum absolute atomic E-state index is 0.133. The summed E-state index contributed by atoms with van der Waals surface area (Å²) in [5.41, 5.74) is 0.666. The van der Waals surface area contributed by atoms with Gasteiger partial charge in [-0.05, 0) is 25.1 Å². The van der Waals surface area contributed by atoms with Gasteiger partial charge in [-0.2, -0.15) is 0 Å². The predicted octanol–water partition coefficient (Wildman–Crippen LogP) is 2.18. The number of carbonyl (C=O) groups is 2. The summed E-state index contributed by atoms with van der Waals surface area (Å²) < 4.78 is 4.82. The van der Waals surface area contributed by atoms with E-state index in [4.69, 9.17) is 21.4 Å². The highest BCUT2D eigenvalue weighted by molar-refractivity contribution is 6.30. The molecule has 0 bridgehead atoms. The number of carboxylic acid groups (broad SMARTS) is 1. The fourth-order valence-electron chi connectivity index (χ4n) is 1.59. The Kier molecular flexibility index (Phi) is 6.15. The molecule has 1 rings (SSSR count). The lowest BCUT2D eigenvalue weighted by Gasteiger charge is -2.22. The van der Waals surface area contributed by atoms with Crippen molar-refractivity contribution in [2.75, 3.05) is 24.6 Å². The second-order valence-electron chi connectivity index (χ2n) is 3.85. The van der Waals surface area contributed by atoms with Crippen molar-refractivity contribution >= 4 is 29.2 Å². The van der Waals surface area contributed by atoms with Crippen molar-refractivity contribution in [3.63, 3.8) is 0 Å². The Bertz CT molecular complexity index is 450. The van der Waals surface area contributed by atoms with Gasteiger partial charge in [-0.25, -0.2) is 0 Å². The van der Waals surface area contributed by atoms with Crippen molar-refractivity contribution in [2.45, 2.75) is 13.3 Å². The number of esters is 1. The van der Waals surface area contributed by atoms with Crippen LogP contribution >= 0.6 is 11.6 Å². The van der Waals surface area contributed by atoms with Crippen molar-refractivity contribution < 1.29 is 19.4 Å². The van der Waals surface area contributed by atoms with Crippen LogP contribution in [0, 0.1) is 0 Å². The predicted molar refractivity (Wildman–Crippen MR) is 72.6 cm³/mol. The summed E-state index contributed by atoms with van der Waals surface area (Å²) in [5.74, 6) is -1.32. The van der Waals surface area contributed by atoms with E-state index in [9.17, 15) is 9.59 Å². The zero-order chi connectivity index (χ0) is 14.3. The maximum absolute atomic E-state index is 11.3. The van der Waals surface area contributed by atoms with E-state index in [0.29, 0.717) is 17.3 Å². The van der Waals surface area contributed by atoms with Crippen LogP contribution in [-0.4, -0.2) is 36.7 Å². The lowest BCUT2D eigenvalue weighted by atomic mass is 10.2. The molecule has 1 aromatic rings. The van der Waals surface area contributed by atoms with Crippen molar-refractivity contribution in [3.05, 3.63) is 29.3 Å². The molecule has 0 fully saturated rings. The van der Waals surface area contributed by atoms with Crippen LogP contribution in [0.1, 0.15) is 13.3 Å². The summed E-state index contributed by atoms with van der Waals surface area (Å²) in [7, 11) is 0. The van der Waals surface area contributed by atoms with Gasteiger partial charge in [0, 0.05) is 17.3 Å². The highest BCUT2D eigenvalue weighted by atomic mass is 35.5. The van der Waals surface area contributed by atoms with Crippen LogP contribution in [0.25, 0.3) is 0 Å². The quantitative estimate of drug-likeness (QED) is 0.778. The first-order valence-electron chi connectivity index (χ1n) is 5.91. The van der Waals surface area contributed by atoms with E-state index in [1.807, 2.05) is 0 Å². The highest BCUT2D eigenvalue weighted by Gasteiger charge is 2.13. The van der Waals surface area contributed by atoms with Gasteiger partial charge in [-0.3, -0.25) is 9.59 Å². The number of carboxylic acids is 1. The number of anilines is 1. The molecule has 19 heavy (non-hydrogen) atoms. The molecule has 0 heterocycles. The smallest absolute Gasteiger partial charge is 0.323 e. The maximum Gasteiger partial charge on any atom is 0.323 e. The van der Waals surface area contributed by atoms with Crippen LogP contribution in [0.15, 0.2) is 24.3 Å². The molecule has 1 N–H and O–H groups in total. The van der Waals surface area contributed by atoms with Gasteiger partial charge in [-0.1, -0.05) is 17.7 Å². The Labute approximate surface area is 116 Å². The van der Waals surface area contributed by atoms with Gasteiger partial charge >= 0.3 is 11.9 Å². The molecule has 0 radical (unpaired) electrons. The summed E-state index contributed by atoms with van der Waals surface area (Å²) in [6.07, 6.45) is 0.133. The Morgan fingerprint density at radius 1 is 1.42 bits per heavy atom. The number of rotatable bonds is 7. The first-order chi connectivity index (χ1) is 9.02. The monoisotopic (exact) mass is 285 g/mol. The van der Waals surface area contributed by atoms with E-state index in [0.717, 1.165) is 0 Å². The van der Waals surface area contributed by atoms with Crippen LogP contribution in [0.3, 0.4) is 0 Å². The summed E-state index contributed by atoms with van der Waals surface area (Å²) in [4.78, 5) is 23.7. The van der Waals surface area contributed by atoms with E-state index < -0.39 is 5.97 Å². The first-order valence-corrected chi connectivity index (χ1v) is 6.28. The number of nitrogens with zero attached hydrogens (tertiary/aromatic N) is 1. The minimum Gasteiger partial charge on any atom is -0.480 e. The molecule has 0 spiro atoms. The average molecular weight is 286 g/mol. The molecular formula is C13H16ClNO4. The molecule has 6 heteroatoms. The summed E-state index contributed by atoms with van der Waals surface area (Å²) >= 11 is 5.87. The molecule has 0 unspecified atom stereocenters. The summed E-state index contributed by atoms with van der Waals surface area (Å²) in [6.45, 7) is 2.12. The molecule has 0 aliphatic heterocycles. The molecule has 0 saturated heterocycles. The SMILES string of the molecule is CCOC(=O)CCN(CC(=O)O)c1cccc(Cl)c1. The van der Waals surface area contributed by atoms with Gasteiger partial charge in [0.2, 0.25) is 0 Å². The number of benzene rings is 1. The van der Waals surface area contributed by atoms with E-state index >= 15 is 0 Å². The van der Waals surface area contributed by atoms with E-state index in [2.05, 4.69) is 0 Å². The number of ether oxygens (including phenoxy) is 1. The molecule has 1 aromatic carbocycles. The van der Waals surface area contributed by atoms with Crippen molar-refractivity contribution in [1.29, 1.82) is 0 Å². The van der Waals surface area contributed by atoms with Crippen LogP contribution in [0.4, 0.5) is 5.69 Å². The van der Waals surface area contributed by atoms with Crippen LogP contribution in [0.5, 0.6) is 0 Å². The lowest BCUT2D eigenvalue weighted by Crippen LogP contribution is -2.32. The number of carbonyl (C=O) groups excluding carboxylic acids is 1. The maximum atomic E-state index is 11.3. The average Bonchev–Trinajstić information content (AvgIpc) is 2.34. The molecule has 0 aromatic heterocycles. The molecule has 0 aliphatic rings. The topological polar surface area (TPSA) is 66.8 Å². The number of hydrogen-bond donors (Lipinski definition) is 1. The Morgan fingerprint density at radius 3 is 2.74 bits per heavy atom. The Balaban J connectivity index is 2.72. The van der Waals surface area contributed by atoms with Gasteiger partial charge in [0.15, 0.2) is 0 Å². The van der Waals surface area contributed by atoms with Crippen LogP contribution in [0.2, 0.25) is 5.02 Å². The van der Waals surface area contributed by atoms with Crippen molar-refractivity contribution in [3.8, 4) is 0 Å². The Morgan fingerprint density at radius 2 is 2.16 bits per heavy atom. The molecule has 0 amide bonds. The van der Waals surface area contributed by atoms with E-state index in [1.165, 1.54) is 0 Å². The zero-order valence-electron chi connectivity index (χ0n) is 10.6. The van der Waals surface area contributed by atoms with Crippen molar-refractivity contribution in [2.24, 2.45) is 0 Å². The third kappa shape index (κ3) is 5.61. The van der Waals surface area contributed by atoms with Gasteiger partial charge in [0.25, 0.3) is 0 Å². The molecule has 0 saturated carbocycles.